The van der Waals surface area contributed by atoms with Crippen molar-refractivity contribution < 1.29 is 4.79 Å². The summed E-state index contributed by atoms with van der Waals surface area (Å²) in [5.41, 5.74) is 3.94. The summed E-state index contributed by atoms with van der Waals surface area (Å²) in [6.07, 6.45) is 4.79. The highest BCUT2D eigenvalue weighted by atomic mass is 32.1. The van der Waals surface area contributed by atoms with Crippen LogP contribution in [-0.2, 0) is 24.3 Å². The minimum absolute atomic E-state index is 0.0316. The Labute approximate surface area is 215 Å². The van der Waals surface area contributed by atoms with Gasteiger partial charge in [0.25, 0.3) is 5.56 Å². The second-order valence-corrected chi connectivity index (χ2v) is 11.3. The highest BCUT2D eigenvalue weighted by Crippen LogP contribution is 2.36. The van der Waals surface area contributed by atoms with Crippen LogP contribution in [0.3, 0.4) is 0 Å². The number of likely N-dealkylation sites (tertiary alicyclic amines) is 1. The summed E-state index contributed by atoms with van der Waals surface area (Å²) in [6.45, 7) is 8.65. The summed E-state index contributed by atoms with van der Waals surface area (Å²) in [5.74, 6) is 0.640. The number of rotatable bonds is 4. The van der Waals surface area contributed by atoms with Crippen LogP contribution < -0.4 is 5.56 Å². The molecule has 4 heterocycles. The van der Waals surface area contributed by atoms with Crippen LogP contribution in [0, 0.1) is 6.92 Å². The monoisotopic (exact) mass is 500 g/mol. The molecule has 0 saturated carbocycles. The maximum absolute atomic E-state index is 13.4. The third-order valence-corrected chi connectivity index (χ3v) is 9.31. The van der Waals surface area contributed by atoms with Crippen LogP contribution >= 0.6 is 11.3 Å². The van der Waals surface area contributed by atoms with Crippen LogP contribution in [0.25, 0.3) is 21.0 Å². The van der Waals surface area contributed by atoms with Crippen LogP contribution in [-0.4, -0.2) is 51.4 Å². The van der Waals surface area contributed by atoms with Gasteiger partial charge in [-0.3, -0.25) is 14.2 Å². The van der Waals surface area contributed by atoms with Crippen LogP contribution in [0.5, 0.6) is 0 Å². The van der Waals surface area contributed by atoms with E-state index in [1.165, 1.54) is 26.8 Å². The zero-order valence-corrected chi connectivity index (χ0v) is 21.8. The Morgan fingerprint density at radius 3 is 2.69 bits per heavy atom. The van der Waals surface area contributed by atoms with Crippen molar-refractivity contribution in [1.29, 1.82) is 0 Å². The molecule has 4 aromatic rings. The summed E-state index contributed by atoms with van der Waals surface area (Å²) < 4.78 is 1.77. The normalized spacial score (nSPS) is 17.1. The standard InChI is InChI=1S/C29H32N4O2S/c1-19-7-8-21-5-3-4-6-23(21)26(19)22-9-12-31(13-10-22)15-16-33-18-30-28-27(29(33)35)24-17-32(20(2)34)14-11-25(24)36-28/h3-8,18,22H,9-17H2,1-2H3. The van der Waals surface area contributed by atoms with Crippen LogP contribution in [0.2, 0.25) is 0 Å². The molecule has 2 aliphatic rings. The summed E-state index contributed by atoms with van der Waals surface area (Å²) in [5, 5.41) is 3.43. The Hall–Kier alpha value is -3.03. The molecule has 186 valence electrons. The van der Waals surface area contributed by atoms with Crippen LogP contribution in [0.4, 0.5) is 0 Å². The Balaban J connectivity index is 1.15. The lowest BCUT2D eigenvalue weighted by atomic mass is 9.83. The number of aryl methyl sites for hydroxylation is 1. The Morgan fingerprint density at radius 1 is 1.08 bits per heavy atom. The molecular formula is C29H32N4O2S. The highest BCUT2D eigenvalue weighted by Gasteiger charge is 2.26. The maximum atomic E-state index is 13.4. The van der Waals surface area contributed by atoms with Crippen molar-refractivity contribution in [2.24, 2.45) is 0 Å². The van der Waals surface area contributed by atoms with Gasteiger partial charge in [0.1, 0.15) is 4.83 Å². The molecule has 2 aliphatic heterocycles. The van der Waals surface area contributed by atoms with Gasteiger partial charge >= 0.3 is 0 Å². The molecule has 0 aliphatic carbocycles. The average molecular weight is 501 g/mol. The first-order chi connectivity index (χ1) is 17.5. The van der Waals surface area contributed by atoms with E-state index in [-0.39, 0.29) is 11.5 Å². The Morgan fingerprint density at radius 2 is 1.89 bits per heavy atom. The molecule has 7 heteroatoms. The van der Waals surface area contributed by atoms with Gasteiger partial charge in [-0.05, 0) is 67.1 Å². The average Bonchev–Trinajstić information content (AvgIpc) is 3.27. The van der Waals surface area contributed by atoms with E-state index < -0.39 is 0 Å². The van der Waals surface area contributed by atoms with Crippen molar-refractivity contribution in [3.05, 3.63) is 74.6 Å². The molecule has 6 nitrogen and oxygen atoms in total. The van der Waals surface area contributed by atoms with E-state index >= 15 is 0 Å². The van der Waals surface area contributed by atoms with E-state index in [0.717, 1.165) is 55.8 Å². The van der Waals surface area contributed by atoms with Crippen LogP contribution in [0.15, 0.2) is 47.5 Å². The molecule has 0 bridgehead atoms. The van der Waals surface area contributed by atoms with E-state index in [0.29, 0.717) is 24.4 Å². The molecule has 1 fully saturated rings. The number of aromatic nitrogens is 2. The zero-order valence-electron chi connectivity index (χ0n) is 21.0. The topological polar surface area (TPSA) is 58.4 Å². The van der Waals surface area contributed by atoms with Crippen molar-refractivity contribution in [2.75, 3.05) is 26.2 Å². The smallest absolute Gasteiger partial charge is 0.262 e. The fourth-order valence-corrected chi connectivity index (χ4v) is 7.20. The molecule has 2 aromatic heterocycles. The summed E-state index contributed by atoms with van der Waals surface area (Å²) in [6, 6.07) is 13.2. The molecule has 0 spiro atoms. The van der Waals surface area contributed by atoms with Gasteiger partial charge in [-0.1, -0.05) is 36.4 Å². The number of carbonyl (C=O) groups excluding carboxylic acids is 1. The molecule has 0 unspecified atom stereocenters. The second-order valence-electron chi connectivity index (χ2n) is 10.3. The molecule has 36 heavy (non-hydrogen) atoms. The second kappa shape index (κ2) is 9.45. The van der Waals surface area contributed by atoms with Gasteiger partial charge in [0, 0.05) is 43.5 Å². The zero-order chi connectivity index (χ0) is 24.8. The van der Waals surface area contributed by atoms with E-state index in [9.17, 15) is 9.59 Å². The fraction of sp³-hybridized carbons (Fsp3) is 0.414. The first kappa shape index (κ1) is 23.4. The Kier molecular flexibility index (Phi) is 6.13. The first-order valence-corrected chi connectivity index (χ1v) is 13.8. The van der Waals surface area contributed by atoms with Crippen molar-refractivity contribution in [3.63, 3.8) is 0 Å². The van der Waals surface area contributed by atoms with E-state index in [2.05, 4.69) is 53.2 Å². The number of piperidine rings is 1. The number of thiophene rings is 1. The van der Waals surface area contributed by atoms with Gasteiger partial charge in [-0.2, -0.15) is 0 Å². The van der Waals surface area contributed by atoms with Crippen molar-refractivity contribution in [3.8, 4) is 0 Å². The lowest BCUT2D eigenvalue weighted by molar-refractivity contribution is -0.129. The minimum Gasteiger partial charge on any atom is -0.338 e. The maximum Gasteiger partial charge on any atom is 0.262 e. The predicted molar refractivity (Wildman–Crippen MR) is 146 cm³/mol. The Bertz CT molecular complexity index is 1510. The highest BCUT2D eigenvalue weighted by molar-refractivity contribution is 7.18. The molecule has 0 N–H and O–H groups in total. The quantitative estimate of drug-likeness (QED) is 0.408. The molecule has 1 amide bonds. The van der Waals surface area contributed by atoms with E-state index in [1.807, 2.05) is 4.90 Å². The third kappa shape index (κ3) is 4.14. The largest absolute Gasteiger partial charge is 0.338 e. The number of hydrogen-bond acceptors (Lipinski definition) is 5. The van der Waals surface area contributed by atoms with Gasteiger partial charge in [0.15, 0.2) is 0 Å². The van der Waals surface area contributed by atoms with Crippen molar-refractivity contribution >= 4 is 38.2 Å². The molecule has 1 saturated heterocycles. The molecule has 2 aromatic carbocycles. The lowest BCUT2D eigenvalue weighted by Gasteiger charge is -2.33. The SMILES string of the molecule is CC(=O)N1CCc2sc3ncn(CCN4CCC(c5c(C)ccc6ccccc56)CC4)c(=O)c3c2C1. The summed E-state index contributed by atoms with van der Waals surface area (Å²) in [4.78, 5) is 36.3. The number of amides is 1. The molecule has 6 rings (SSSR count). The lowest BCUT2D eigenvalue weighted by Crippen LogP contribution is -2.37. The van der Waals surface area contributed by atoms with Crippen LogP contribution in [0.1, 0.15) is 47.3 Å². The van der Waals surface area contributed by atoms with Gasteiger partial charge in [-0.25, -0.2) is 4.98 Å². The number of carbonyl (C=O) groups is 1. The van der Waals surface area contributed by atoms with E-state index in [4.69, 9.17) is 0 Å². The molecule has 0 radical (unpaired) electrons. The third-order valence-electron chi connectivity index (χ3n) is 8.11. The van der Waals surface area contributed by atoms with E-state index in [1.54, 1.807) is 29.2 Å². The minimum atomic E-state index is 0.0316. The summed E-state index contributed by atoms with van der Waals surface area (Å²) in [7, 11) is 0. The summed E-state index contributed by atoms with van der Waals surface area (Å²) >= 11 is 1.61. The van der Waals surface area contributed by atoms with Gasteiger partial charge in [0.2, 0.25) is 5.91 Å². The van der Waals surface area contributed by atoms with Crippen molar-refractivity contribution in [2.45, 2.75) is 52.1 Å². The van der Waals surface area contributed by atoms with Gasteiger partial charge < -0.3 is 9.80 Å². The fourth-order valence-electron chi connectivity index (χ4n) is 6.07. The first-order valence-electron chi connectivity index (χ1n) is 13.0. The van der Waals surface area contributed by atoms with Gasteiger partial charge in [0.05, 0.1) is 11.7 Å². The number of fused-ring (bicyclic) bond motifs is 4. The number of nitrogens with zero attached hydrogens (tertiary/aromatic N) is 4. The van der Waals surface area contributed by atoms with Crippen molar-refractivity contribution in [1.82, 2.24) is 19.4 Å². The number of benzene rings is 2. The van der Waals surface area contributed by atoms with Gasteiger partial charge in [-0.15, -0.1) is 11.3 Å². The predicted octanol–water partition coefficient (Wildman–Crippen LogP) is 4.70. The molecule has 0 atom stereocenters. The number of hydrogen-bond donors (Lipinski definition) is 0. The molecular weight excluding hydrogens is 468 g/mol.